The number of nitrogens with one attached hydrogen (secondary N) is 1. The van der Waals surface area contributed by atoms with Crippen molar-refractivity contribution in [1.82, 2.24) is 10.2 Å². The standard InChI is InChI=1S/C26H27F2N3O4S/c1-3-29-26(33)19(2)30(17-20-9-7-8-12-24(20)28)25(32)18-31(22-10-5-4-6-11-22)36(34,35)23-15-13-21(27)14-16-23/h4-16,19H,3,17-18H2,1-2H3,(H,29,33)/t19-/m1/s1. The highest BCUT2D eigenvalue weighted by Gasteiger charge is 2.32. The van der Waals surface area contributed by atoms with Crippen LogP contribution >= 0.6 is 0 Å². The molecule has 3 rings (SSSR count). The van der Waals surface area contributed by atoms with Gasteiger partial charge in [0, 0.05) is 18.7 Å². The molecule has 1 N–H and O–H groups in total. The molecule has 3 aromatic rings. The summed E-state index contributed by atoms with van der Waals surface area (Å²) in [5.74, 6) is -2.35. The minimum Gasteiger partial charge on any atom is -0.355 e. The fourth-order valence-corrected chi connectivity index (χ4v) is 4.99. The van der Waals surface area contributed by atoms with Crippen molar-refractivity contribution in [2.45, 2.75) is 31.3 Å². The number of benzene rings is 3. The van der Waals surface area contributed by atoms with Gasteiger partial charge < -0.3 is 10.2 Å². The molecule has 0 aliphatic heterocycles. The highest BCUT2D eigenvalue weighted by atomic mass is 32.2. The summed E-state index contributed by atoms with van der Waals surface area (Å²) in [6, 6.07) is 17.0. The highest BCUT2D eigenvalue weighted by Crippen LogP contribution is 2.24. The Hall–Kier alpha value is -3.79. The first-order chi connectivity index (χ1) is 17.1. The van der Waals surface area contributed by atoms with Crippen LogP contribution in [0.2, 0.25) is 0 Å². The number of hydrogen-bond donors (Lipinski definition) is 1. The lowest BCUT2D eigenvalue weighted by Gasteiger charge is -2.32. The summed E-state index contributed by atoms with van der Waals surface area (Å²) >= 11 is 0. The van der Waals surface area contributed by atoms with Crippen molar-refractivity contribution < 1.29 is 26.8 Å². The third kappa shape index (κ3) is 6.25. The predicted octanol–water partition coefficient (Wildman–Crippen LogP) is 3.71. The van der Waals surface area contributed by atoms with Crippen molar-refractivity contribution in [1.29, 1.82) is 0 Å². The molecule has 10 heteroatoms. The predicted molar refractivity (Wildman–Crippen MR) is 132 cm³/mol. The van der Waals surface area contributed by atoms with Gasteiger partial charge in [-0.05, 0) is 56.3 Å². The van der Waals surface area contributed by atoms with Gasteiger partial charge in [0.15, 0.2) is 0 Å². The monoisotopic (exact) mass is 515 g/mol. The Morgan fingerprint density at radius 2 is 1.53 bits per heavy atom. The van der Waals surface area contributed by atoms with Gasteiger partial charge in [-0.25, -0.2) is 17.2 Å². The number of anilines is 1. The van der Waals surface area contributed by atoms with Crippen molar-refractivity contribution in [2.24, 2.45) is 0 Å². The number of nitrogens with zero attached hydrogens (tertiary/aromatic N) is 2. The molecule has 0 aromatic heterocycles. The van der Waals surface area contributed by atoms with Crippen LogP contribution in [-0.4, -0.2) is 44.3 Å². The molecule has 1 atom stereocenters. The Kier molecular flexibility index (Phi) is 8.76. The fourth-order valence-electron chi connectivity index (χ4n) is 3.57. The van der Waals surface area contributed by atoms with Crippen LogP contribution in [0.5, 0.6) is 0 Å². The SMILES string of the molecule is CCNC(=O)[C@@H](C)N(Cc1ccccc1F)C(=O)CN(c1ccccc1)S(=O)(=O)c1ccc(F)cc1. The third-order valence-corrected chi connectivity index (χ3v) is 7.33. The zero-order chi connectivity index (χ0) is 26.3. The van der Waals surface area contributed by atoms with Crippen molar-refractivity contribution in [3.05, 3.63) is 96.1 Å². The smallest absolute Gasteiger partial charge is 0.264 e. The maximum atomic E-state index is 14.4. The van der Waals surface area contributed by atoms with E-state index in [0.717, 1.165) is 33.5 Å². The van der Waals surface area contributed by atoms with E-state index in [2.05, 4.69) is 5.32 Å². The zero-order valence-electron chi connectivity index (χ0n) is 19.9. The van der Waals surface area contributed by atoms with E-state index < -0.39 is 46.1 Å². The Morgan fingerprint density at radius 3 is 2.14 bits per heavy atom. The summed E-state index contributed by atoms with van der Waals surface area (Å²) < 4.78 is 55.8. The van der Waals surface area contributed by atoms with Gasteiger partial charge in [0.05, 0.1) is 10.6 Å². The molecule has 3 aromatic carbocycles. The van der Waals surface area contributed by atoms with Gasteiger partial charge in [0.1, 0.15) is 24.2 Å². The average Bonchev–Trinajstić information content (AvgIpc) is 2.87. The molecule has 7 nitrogen and oxygen atoms in total. The number of halogens is 2. The molecule has 0 saturated carbocycles. The van der Waals surface area contributed by atoms with E-state index in [1.54, 1.807) is 31.2 Å². The number of amides is 2. The average molecular weight is 516 g/mol. The van der Waals surface area contributed by atoms with Crippen molar-refractivity contribution >= 4 is 27.5 Å². The summed E-state index contributed by atoms with van der Waals surface area (Å²) in [4.78, 5) is 27.1. The first kappa shape index (κ1) is 26.8. The van der Waals surface area contributed by atoms with Crippen LogP contribution in [0.25, 0.3) is 0 Å². The second-order valence-electron chi connectivity index (χ2n) is 7.98. The van der Waals surface area contributed by atoms with Crippen molar-refractivity contribution in [2.75, 3.05) is 17.4 Å². The van der Waals surface area contributed by atoms with Crippen molar-refractivity contribution in [3.8, 4) is 0 Å². The Morgan fingerprint density at radius 1 is 0.917 bits per heavy atom. The van der Waals surface area contributed by atoms with E-state index in [4.69, 9.17) is 0 Å². The van der Waals surface area contributed by atoms with E-state index in [0.29, 0.717) is 6.54 Å². The van der Waals surface area contributed by atoms with Crippen LogP contribution in [-0.2, 0) is 26.2 Å². The number of carbonyl (C=O) groups is 2. The summed E-state index contributed by atoms with van der Waals surface area (Å²) in [7, 11) is -4.29. The van der Waals surface area contributed by atoms with E-state index in [1.165, 1.54) is 37.3 Å². The highest BCUT2D eigenvalue weighted by molar-refractivity contribution is 7.92. The lowest BCUT2D eigenvalue weighted by Crippen LogP contribution is -2.51. The molecular formula is C26H27F2N3O4S. The molecule has 0 fully saturated rings. The van der Waals surface area contributed by atoms with Gasteiger partial charge in [0.25, 0.3) is 10.0 Å². The zero-order valence-corrected chi connectivity index (χ0v) is 20.7. The van der Waals surface area contributed by atoms with E-state index in [9.17, 15) is 26.8 Å². The molecule has 0 saturated heterocycles. The number of hydrogen-bond acceptors (Lipinski definition) is 4. The molecule has 0 spiro atoms. The maximum Gasteiger partial charge on any atom is 0.264 e. The van der Waals surface area contributed by atoms with Gasteiger partial charge in [-0.15, -0.1) is 0 Å². The number of likely N-dealkylation sites (N-methyl/N-ethyl adjacent to an activating group) is 1. The number of rotatable bonds is 10. The summed E-state index contributed by atoms with van der Waals surface area (Å²) in [5.41, 5.74) is 0.376. The number of sulfonamides is 1. The quantitative estimate of drug-likeness (QED) is 0.446. The normalized spacial score (nSPS) is 12.0. The summed E-state index contributed by atoms with van der Waals surface area (Å²) in [6.07, 6.45) is 0. The van der Waals surface area contributed by atoms with Gasteiger partial charge in [-0.2, -0.15) is 0 Å². The molecule has 0 radical (unpaired) electrons. The van der Waals surface area contributed by atoms with Crippen molar-refractivity contribution in [3.63, 3.8) is 0 Å². The van der Waals surface area contributed by atoms with Crippen LogP contribution in [0.1, 0.15) is 19.4 Å². The third-order valence-electron chi connectivity index (χ3n) is 5.54. The molecule has 190 valence electrons. The van der Waals surface area contributed by atoms with Crippen LogP contribution in [0.3, 0.4) is 0 Å². The molecule has 0 aliphatic rings. The largest absolute Gasteiger partial charge is 0.355 e. The topological polar surface area (TPSA) is 86.8 Å². The van der Waals surface area contributed by atoms with Gasteiger partial charge in [0.2, 0.25) is 11.8 Å². The van der Waals surface area contributed by atoms with Crippen LogP contribution < -0.4 is 9.62 Å². The number of para-hydroxylation sites is 1. The second kappa shape index (κ2) is 11.8. The van der Waals surface area contributed by atoms with Crippen LogP contribution in [0.4, 0.5) is 14.5 Å². The lowest BCUT2D eigenvalue weighted by molar-refractivity contribution is -0.139. The second-order valence-corrected chi connectivity index (χ2v) is 9.85. The molecule has 2 amide bonds. The minimum absolute atomic E-state index is 0.176. The van der Waals surface area contributed by atoms with Gasteiger partial charge >= 0.3 is 0 Å². The molecule has 0 unspecified atom stereocenters. The molecule has 0 bridgehead atoms. The Balaban J connectivity index is 2.01. The first-order valence-electron chi connectivity index (χ1n) is 11.3. The molecular weight excluding hydrogens is 488 g/mol. The molecule has 0 heterocycles. The lowest BCUT2D eigenvalue weighted by atomic mass is 10.1. The summed E-state index contributed by atoms with van der Waals surface area (Å²) in [6.45, 7) is 2.62. The summed E-state index contributed by atoms with van der Waals surface area (Å²) in [5, 5.41) is 2.63. The maximum absolute atomic E-state index is 14.4. The van der Waals surface area contributed by atoms with E-state index in [1.807, 2.05) is 0 Å². The molecule has 0 aliphatic carbocycles. The van der Waals surface area contributed by atoms with Gasteiger partial charge in [-0.3, -0.25) is 13.9 Å². The minimum atomic E-state index is -4.29. The Bertz CT molecular complexity index is 1300. The first-order valence-corrected chi connectivity index (χ1v) is 12.7. The fraction of sp³-hybridized carbons (Fsp3) is 0.231. The van der Waals surface area contributed by atoms with Crippen LogP contribution in [0.15, 0.2) is 83.8 Å². The van der Waals surface area contributed by atoms with E-state index in [-0.39, 0.29) is 22.7 Å². The van der Waals surface area contributed by atoms with Gasteiger partial charge in [-0.1, -0.05) is 36.4 Å². The Labute approximate surface area is 209 Å². The number of carbonyl (C=O) groups excluding carboxylic acids is 2. The molecule has 36 heavy (non-hydrogen) atoms. The van der Waals surface area contributed by atoms with E-state index >= 15 is 0 Å². The van der Waals surface area contributed by atoms with Crippen LogP contribution in [0, 0.1) is 11.6 Å².